The molecule has 0 aliphatic carbocycles. The van der Waals surface area contributed by atoms with Crippen molar-refractivity contribution >= 4 is 21.8 Å². The third-order valence-electron chi connectivity index (χ3n) is 5.50. The number of aromatic nitrogens is 2. The van der Waals surface area contributed by atoms with Gasteiger partial charge >= 0.3 is 0 Å². The molecule has 5 aromatic rings. The molecule has 0 spiro atoms. The number of nitrogens with one attached hydrogen (secondary N) is 1. The second-order valence-electron chi connectivity index (χ2n) is 7.62. The molecular formula is C27H28N2O2. The number of nitrogens with zero attached hydrogens (tertiary/aromatic N) is 1. The molecule has 3 aromatic carbocycles. The summed E-state index contributed by atoms with van der Waals surface area (Å²) in [7, 11) is 3.41. The number of aromatic amines is 1. The second-order valence-corrected chi connectivity index (χ2v) is 7.62. The molecule has 2 aromatic heterocycles. The van der Waals surface area contributed by atoms with Gasteiger partial charge < -0.3 is 19.0 Å². The molecule has 0 saturated heterocycles. The Balaban J connectivity index is 0.000000166. The highest BCUT2D eigenvalue weighted by atomic mass is 16.5. The van der Waals surface area contributed by atoms with E-state index in [0.717, 1.165) is 34.6 Å². The molecule has 0 aliphatic rings. The van der Waals surface area contributed by atoms with Gasteiger partial charge in [-0.15, -0.1) is 0 Å². The SMILES string of the molecule is COc1cccc2[nH]c(C)cc12.COc1cccc2c1cc(C)n2Cc1ccccc1. The van der Waals surface area contributed by atoms with Crippen LogP contribution in [0.4, 0.5) is 0 Å². The van der Waals surface area contributed by atoms with Crippen molar-refractivity contribution in [1.82, 2.24) is 9.55 Å². The van der Waals surface area contributed by atoms with Crippen LogP contribution in [-0.2, 0) is 6.54 Å². The first-order chi connectivity index (χ1) is 15.1. The van der Waals surface area contributed by atoms with E-state index in [1.165, 1.54) is 22.2 Å². The molecule has 0 unspecified atom stereocenters. The number of hydrogen-bond donors (Lipinski definition) is 1. The van der Waals surface area contributed by atoms with Gasteiger partial charge in [0.15, 0.2) is 0 Å². The average molecular weight is 413 g/mol. The monoisotopic (exact) mass is 412 g/mol. The number of aryl methyl sites for hydroxylation is 2. The normalized spacial score (nSPS) is 10.7. The van der Waals surface area contributed by atoms with Crippen LogP contribution in [-0.4, -0.2) is 23.8 Å². The molecule has 0 saturated carbocycles. The quantitative estimate of drug-likeness (QED) is 0.366. The number of benzene rings is 3. The second kappa shape index (κ2) is 9.00. The van der Waals surface area contributed by atoms with E-state index < -0.39 is 0 Å². The fourth-order valence-electron chi connectivity index (χ4n) is 3.99. The standard InChI is InChI=1S/C17H17NO.C10H11NO/c1-13-11-15-16(9-6-10-17(15)19-2)18(13)12-14-7-4-3-5-8-14;1-7-6-8-9(11-7)4-3-5-10(8)12-2/h3-11H,12H2,1-2H3;3-6,11H,1-2H3. The summed E-state index contributed by atoms with van der Waals surface area (Å²) in [5, 5.41) is 2.33. The molecule has 2 heterocycles. The molecular weight excluding hydrogens is 384 g/mol. The maximum atomic E-state index is 5.43. The zero-order valence-electron chi connectivity index (χ0n) is 18.5. The molecule has 158 valence electrons. The summed E-state index contributed by atoms with van der Waals surface area (Å²) in [6.45, 7) is 5.07. The lowest BCUT2D eigenvalue weighted by atomic mass is 10.2. The maximum absolute atomic E-state index is 5.43. The van der Waals surface area contributed by atoms with Crippen LogP contribution < -0.4 is 9.47 Å². The zero-order valence-corrected chi connectivity index (χ0v) is 18.5. The first-order valence-electron chi connectivity index (χ1n) is 10.4. The highest BCUT2D eigenvalue weighted by Gasteiger charge is 2.09. The predicted octanol–water partition coefficient (Wildman–Crippen LogP) is 6.49. The molecule has 0 radical (unpaired) electrons. The van der Waals surface area contributed by atoms with Crippen LogP contribution in [0.3, 0.4) is 0 Å². The van der Waals surface area contributed by atoms with E-state index in [2.05, 4.69) is 58.9 Å². The van der Waals surface area contributed by atoms with Crippen LogP contribution in [0.15, 0.2) is 78.9 Å². The van der Waals surface area contributed by atoms with E-state index in [0.29, 0.717) is 0 Å². The van der Waals surface area contributed by atoms with Crippen molar-refractivity contribution < 1.29 is 9.47 Å². The van der Waals surface area contributed by atoms with Crippen LogP contribution in [0.25, 0.3) is 21.8 Å². The van der Waals surface area contributed by atoms with E-state index in [4.69, 9.17) is 9.47 Å². The van der Waals surface area contributed by atoms with Gasteiger partial charge in [0.05, 0.1) is 19.7 Å². The lowest BCUT2D eigenvalue weighted by Crippen LogP contribution is -2.01. The van der Waals surface area contributed by atoms with Gasteiger partial charge in [-0.1, -0.05) is 42.5 Å². The number of fused-ring (bicyclic) bond motifs is 2. The zero-order chi connectivity index (χ0) is 21.8. The Kier molecular flexibility index (Phi) is 5.99. The topological polar surface area (TPSA) is 39.2 Å². The predicted molar refractivity (Wildman–Crippen MR) is 128 cm³/mol. The lowest BCUT2D eigenvalue weighted by molar-refractivity contribution is 0.419. The van der Waals surface area contributed by atoms with Crippen molar-refractivity contribution in [2.75, 3.05) is 14.2 Å². The molecule has 0 aliphatic heterocycles. The minimum absolute atomic E-state index is 0.892. The van der Waals surface area contributed by atoms with Crippen LogP contribution in [0.1, 0.15) is 17.0 Å². The van der Waals surface area contributed by atoms with Gasteiger partial charge in [-0.3, -0.25) is 0 Å². The summed E-state index contributed by atoms with van der Waals surface area (Å²) < 4.78 is 13.0. The van der Waals surface area contributed by atoms with Crippen molar-refractivity contribution in [1.29, 1.82) is 0 Å². The van der Waals surface area contributed by atoms with E-state index in [1.54, 1.807) is 14.2 Å². The lowest BCUT2D eigenvalue weighted by Gasteiger charge is -2.09. The van der Waals surface area contributed by atoms with Gasteiger partial charge in [0.1, 0.15) is 11.5 Å². The van der Waals surface area contributed by atoms with Gasteiger partial charge in [-0.05, 0) is 55.8 Å². The molecule has 0 amide bonds. The fraction of sp³-hybridized carbons (Fsp3) is 0.185. The number of rotatable bonds is 4. The van der Waals surface area contributed by atoms with Crippen molar-refractivity contribution in [3.63, 3.8) is 0 Å². The smallest absolute Gasteiger partial charge is 0.128 e. The van der Waals surface area contributed by atoms with E-state index >= 15 is 0 Å². The summed E-state index contributed by atoms with van der Waals surface area (Å²) in [6, 6.07) is 27.0. The van der Waals surface area contributed by atoms with Crippen molar-refractivity contribution in [3.05, 3.63) is 95.8 Å². The molecule has 0 fully saturated rings. The summed E-state index contributed by atoms with van der Waals surface area (Å²) >= 11 is 0. The van der Waals surface area contributed by atoms with E-state index in [1.807, 2.05) is 43.3 Å². The van der Waals surface area contributed by atoms with Crippen molar-refractivity contribution in [2.24, 2.45) is 0 Å². The maximum Gasteiger partial charge on any atom is 0.128 e. The summed E-state index contributed by atoms with van der Waals surface area (Å²) in [6.07, 6.45) is 0. The third-order valence-corrected chi connectivity index (χ3v) is 5.50. The summed E-state index contributed by atoms with van der Waals surface area (Å²) in [5.74, 6) is 1.87. The minimum Gasteiger partial charge on any atom is -0.496 e. The average Bonchev–Trinajstić information content (AvgIpc) is 3.33. The Morgan fingerprint density at radius 1 is 0.742 bits per heavy atom. The first kappa shape index (κ1) is 20.6. The molecule has 5 rings (SSSR count). The minimum atomic E-state index is 0.892. The highest BCUT2D eigenvalue weighted by molar-refractivity contribution is 5.88. The Bertz CT molecular complexity index is 1300. The Morgan fingerprint density at radius 2 is 1.42 bits per heavy atom. The first-order valence-corrected chi connectivity index (χ1v) is 10.4. The number of methoxy groups -OCH3 is 2. The van der Waals surface area contributed by atoms with Gasteiger partial charge in [-0.25, -0.2) is 0 Å². The molecule has 1 N–H and O–H groups in total. The number of ether oxygens (including phenoxy) is 2. The van der Waals surface area contributed by atoms with Crippen LogP contribution in [0.5, 0.6) is 11.5 Å². The van der Waals surface area contributed by atoms with Crippen LogP contribution >= 0.6 is 0 Å². The highest BCUT2D eigenvalue weighted by Crippen LogP contribution is 2.29. The molecule has 31 heavy (non-hydrogen) atoms. The molecule has 4 nitrogen and oxygen atoms in total. The summed E-state index contributed by atoms with van der Waals surface area (Å²) in [4.78, 5) is 3.25. The Labute approximate surface area is 183 Å². The molecule has 0 bridgehead atoms. The number of hydrogen-bond acceptors (Lipinski definition) is 2. The Hall–Kier alpha value is -3.66. The fourth-order valence-corrected chi connectivity index (χ4v) is 3.99. The van der Waals surface area contributed by atoms with Gasteiger partial charge in [0, 0.05) is 34.2 Å². The largest absolute Gasteiger partial charge is 0.496 e. The molecule has 0 atom stereocenters. The van der Waals surface area contributed by atoms with Gasteiger partial charge in [0.2, 0.25) is 0 Å². The Morgan fingerprint density at radius 3 is 2.13 bits per heavy atom. The summed E-state index contributed by atoms with van der Waals surface area (Å²) in [5.41, 5.74) is 6.08. The van der Waals surface area contributed by atoms with Gasteiger partial charge in [-0.2, -0.15) is 0 Å². The number of H-pyrrole nitrogens is 1. The van der Waals surface area contributed by atoms with Crippen LogP contribution in [0, 0.1) is 13.8 Å². The molecule has 4 heteroatoms. The third kappa shape index (κ3) is 4.29. The van der Waals surface area contributed by atoms with Crippen molar-refractivity contribution in [2.45, 2.75) is 20.4 Å². The van der Waals surface area contributed by atoms with Gasteiger partial charge in [0.25, 0.3) is 0 Å². The van der Waals surface area contributed by atoms with E-state index in [-0.39, 0.29) is 0 Å². The van der Waals surface area contributed by atoms with E-state index in [9.17, 15) is 0 Å². The van der Waals surface area contributed by atoms with Crippen molar-refractivity contribution in [3.8, 4) is 11.5 Å². The van der Waals surface area contributed by atoms with Crippen LogP contribution in [0.2, 0.25) is 0 Å².